The van der Waals surface area contributed by atoms with Gasteiger partial charge in [-0.3, -0.25) is 0 Å². The van der Waals surface area contributed by atoms with Crippen molar-refractivity contribution in [2.24, 2.45) is 0 Å². The maximum atomic E-state index is 5.83. The van der Waals surface area contributed by atoms with Crippen LogP contribution in [0.5, 0.6) is 0 Å². The number of nitrogens with zero attached hydrogens (tertiary/aromatic N) is 3. The Labute approximate surface area is 98.9 Å². The van der Waals surface area contributed by atoms with Crippen molar-refractivity contribution in [2.75, 3.05) is 12.0 Å². The highest BCUT2D eigenvalue weighted by Gasteiger charge is 2.08. The first kappa shape index (κ1) is 11.0. The summed E-state index contributed by atoms with van der Waals surface area (Å²) in [5.74, 6) is 0.425. The molecule has 0 aliphatic heterocycles. The minimum Gasteiger partial charge on any atom is -0.368 e. The van der Waals surface area contributed by atoms with Crippen molar-refractivity contribution >= 4 is 17.7 Å². The molecule has 2 N–H and O–H groups in total. The molecule has 4 nitrogen and oxygen atoms in total. The van der Waals surface area contributed by atoms with Crippen LogP contribution >= 0.6 is 11.8 Å². The number of hydrogen-bond acceptors (Lipinski definition) is 4. The maximum absolute atomic E-state index is 5.83. The molecular formula is C11H14N4S. The smallest absolute Gasteiger partial charge is 0.224 e. The van der Waals surface area contributed by atoms with Gasteiger partial charge in [-0.25, -0.2) is 0 Å². The molecule has 16 heavy (non-hydrogen) atoms. The zero-order valence-electron chi connectivity index (χ0n) is 9.56. The van der Waals surface area contributed by atoms with E-state index in [1.54, 1.807) is 4.68 Å². The van der Waals surface area contributed by atoms with Gasteiger partial charge in [0.05, 0.1) is 5.69 Å². The van der Waals surface area contributed by atoms with Crippen molar-refractivity contribution < 1.29 is 0 Å². The molecule has 0 aliphatic rings. The highest BCUT2D eigenvalue weighted by molar-refractivity contribution is 7.98. The van der Waals surface area contributed by atoms with E-state index in [1.807, 2.05) is 18.4 Å². The Morgan fingerprint density at radius 3 is 2.31 bits per heavy atom. The van der Waals surface area contributed by atoms with Gasteiger partial charge in [0.1, 0.15) is 0 Å². The summed E-state index contributed by atoms with van der Waals surface area (Å²) in [7, 11) is 0. The normalized spacial score (nSPS) is 10.7. The molecule has 0 saturated carbocycles. The average Bonchev–Trinajstić information content (AvgIpc) is 2.58. The van der Waals surface area contributed by atoms with Gasteiger partial charge in [-0.1, -0.05) is 17.8 Å². The van der Waals surface area contributed by atoms with Gasteiger partial charge in [-0.2, -0.15) is 9.67 Å². The molecule has 1 heterocycles. The number of nitrogens with two attached hydrogens (primary N) is 1. The van der Waals surface area contributed by atoms with Gasteiger partial charge in [-0.05, 0) is 43.4 Å². The number of nitrogen functional groups attached to an aromatic ring is 1. The standard InChI is InChI=1S/C11H14N4S/c1-7-4-8(2)6-9(5-7)15-10(12)13-11(14-15)16-3/h4-6H,1-3H3,(H2,12,13,14). The zero-order valence-corrected chi connectivity index (χ0v) is 10.4. The van der Waals surface area contributed by atoms with Gasteiger partial charge in [0.15, 0.2) is 0 Å². The second-order valence-electron chi connectivity index (χ2n) is 3.71. The Morgan fingerprint density at radius 1 is 1.19 bits per heavy atom. The summed E-state index contributed by atoms with van der Waals surface area (Å²) >= 11 is 1.48. The number of anilines is 1. The molecule has 2 rings (SSSR count). The molecule has 0 atom stereocenters. The van der Waals surface area contributed by atoms with E-state index in [-0.39, 0.29) is 0 Å². The van der Waals surface area contributed by atoms with Crippen LogP contribution in [0.3, 0.4) is 0 Å². The number of hydrogen-bond donors (Lipinski definition) is 1. The van der Waals surface area contributed by atoms with Crippen molar-refractivity contribution in [2.45, 2.75) is 19.0 Å². The van der Waals surface area contributed by atoms with Crippen molar-refractivity contribution in [1.82, 2.24) is 14.8 Å². The fraction of sp³-hybridized carbons (Fsp3) is 0.273. The lowest BCUT2D eigenvalue weighted by atomic mass is 10.1. The molecule has 0 bridgehead atoms. The Kier molecular flexibility index (Phi) is 2.87. The minimum atomic E-state index is 0.425. The fourth-order valence-electron chi connectivity index (χ4n) is 1.65. The van der Waals surface area contributed by atoms with Gasteiger partial charge in [0.2, 0.25) is 11.1 Å². The first-order valence-corrected chi connectivity index (χ1v) is 6.18. The lowest BCUT2D eigenvalue weighted by molar-refractivity contribution is 0.839. The van der Waals surface area contributed by atoms with Gasteiger partial charge < -0.3 is 5.73 Å². The summed E-state index contributed by atoms with van der Waals surface area (Å²) in [4.78, 5) is 4.16. The Morgan fingerprint density at radius 2 is 1.81 bits per heavy atom. The van der Waals surface area contributed by atoms with Crippen LogP contribution in [-0.4, -0.2) is 21.0 Å². The molecular weight excluding hydrogens is 220 g/mol. The molecule has 0 radical (unpaired) electrons. The van der Waals surface area contributed by atoms with Crippen LogP contribution in [0, 0.1) is 13.8 Å². The number of aryl methyl sites for hydroxylation is 2. The molecule has 84 valence electrons. The van der Waals surface area contributed by atoms with Crippen molar-refractivity contribution in [3.8, 4) is 5.69 Å². The Balaban J connectivity index is 2.53. The van der Waals surface area contributed by atoms with Crippen LogP contribution in [0.15, 0.2) is 23.4 Å². The van der Waals surface area contributed by atoms with Crippen LogP contribution in [-0.2, 0) is 0 Å². The summed E-state index contributed by atoms with van der Waals surface area (Å²) in [5, 5.41) is 5.02. The Hall–Kier alpha value is -1.49. The molecule has 1 aromatic heterocycles. The summed E-state index contributed by atoms with van der Waals surface area (Å²) < 4.78 is 1.67. The summed E-state index contributed by atoms with van der Waals surface area (Å²) in [5.41, 5.74) is 9.17. The highest BCUT2D eigenvalue weighted by atomic mass is 32.2. The summed E-state index contributed by atoms with van der Waals surface area (Å²) in [6.45, 7) is 4.11. The second-order valence-corrected chi connectivity index (χ2v) is 4.49. The van der Waals surface area contributed by atoms with E-state index >= 15 is 0 Å². The molecule has 0 amide bonds. The number of aromatic nitrogens is 3. The molecule has 0 fully saturated rings. The summed E-state index contributed by atoms with van der Waals surface area (Å²) in [6, 6.07) is 6.20. The number of benzene rings is 1. The third kappa shape index (κ3) is 2.04. The quantitative estimate of drug-likeness (QED) is 0.809. The van der Waals surface area contributed by atoms with Crippen molar-refractivity contribution in [3.63, 3.8) is 0 Å². The van der Waals surface area contributed by atoms with E-state index in [2.05, 4.69) is 30.0 Å². The monoisotopic (exact) mass is 234 g/mol. The number of thioether (sulfide) groups is 1. The lowest BCUT2D eigenvalue weighted by Crippen LogP contribution is -2.03. The second kappa shape index (κ2) is 4.17. The molecule has 0 spiro atoms. The topological polar surface area (TPSA) is 56.7 Å². The molecule has 5 heteroatoms. The van der Waals surface area contributed by atoms with Gasteiger partial charge in [0, 0.05) is 0 Å². The highest BCUT2D eigenvalue weighted by Crippen LogP contribution is 2.18. The predicted octanol–water partition coefficient (Wildman–Crippen LogP) is 2.19. The summed E-state index contributed by atoms with van der Waals surface area (Å²) in [6.07, 6.45) is 1.93. The van der Waals surface area contributed by atoms with E-state index < -0.39 is 0 Å². The van der Waals surface area contributed by atoms with Crippen LogP contribution in [0.1, 0.15) is 11.1 Å². The van der Waals surface area contributed by atoms with Crippen molar-refractivity contribution in [3.05, 3.63) is 29.3 Å². The SMILES string of the molecule is CSc1nc(N)n(-c2cc(C)cc(C)c2)n1. The van der Waals surface area contributed by atoms with E-state index in [4.69, 9.17) is 5.73 Å². The predicted molar refractivity (Wildman–Crippen MR) is 67.0 cm³/mol. The molecule has 1 aromatic carbocycles. The number of rotatable bonds is 2. The lowest BCUT2D eigenvalue weighted by Gasteiger charge is -2.05. The first-order chi connectivity index (χ1) is 7.60. The third-order valence-corrected chi connectivity index (χ3v) is 2.78. The zero-order chi connectivity index (χ0) is 11.7. The molecule has 2 aromatic rings. The Bertz CT molecular complexity index is 498. The van der Waals surface area contributed by atoms with Crippen LogP contribution < -0.4 is 5.73 Å². The van der Waals surface area contributed by atoms with Gasteiger partial charge in [0.25, 0.3) is 0 Å². The molecule has 0 unspecified atom stereocenters. The first-order valence-electron chi connectivity index (χ1n) is 4.95. The largest absolute Gasteiger partial charge is 0.368 e. The average molecular weight is 234 g/mol. The van der Waals surface area contributed by atoms with Crippen LogP contribution in [0.2, 0.25) is 0 Å². The molecule has 0 saturated heterocycles. The minimum absolute atomic E-state index is 0.425. The van der Waals surface area contributed by atoms with Crippen LogP contribution in [0.4, 0.5) is 5.95 Å². The van der Waals surface area contributed by atoms with Gasteiger partial charge >= 0.3 is 0 Å². The van der Waals surface area contributed by atoms with E-state index in [0.29, 0.717) is 11.1 Å². The van der Waals surface area contributed by atoms with E-state index in [1.165, 1.54) is 22.9 Å². The van der Waals surface area contributed by atoms with Crippen molar-refractivity contribution in [1.29, 1.82) is 0 Å². The van der Waals surface area contributed by atoms with Crippen LogP contribution in [0.25, 0.3) is 5.69 Å². The fourth-order valence-corrected chi connectivity index (χ4v) is 2.00. The third-order valence-electron chi connectivity index (χ3n) is 2.25. The van der Waals surface area contributed by atoms with E-state index in [0.717, 1.165) is 5.69 Å². The maximum Gasteiger partial charge on any atom is 0.224 e. The van der Waals surface area contributed by atoms with E-state index in [9.17, 15) is 0 Å². The van der Waals surface area contributed by atoms with Gasteiger partial charge in [-0.15, -0.1) is 5.10 Å². The molecule has 0 aliphatic carbocycles.